The second-order valence-corrected chi connectivity index (χ2v) is 3.84. The van der Waals surface area contributed by atoms with E-state index >= 15 is 0 Å². The number of para-hydroxylation sites is 1. The van der Waals surface area contributed by atoms with Crippen LogP contribution in [0.3, 0.4) is 0 Å². The van der Waals surface area contributed by atoms with E-state index < -0.39 is 29.1 Å². The minimum atomic E-state index is -0.844. The molecule has 0 bridgehead atoms. The Labute approximate surface area is 114 Å². The van der Waals surface area contributed by atoms with Crippen LogP contribution >= 0.6 is 0 Å². The molecule has 0 heterocycles. The Balaban J connectivity index is 2.25. The molecule has 4 N–H and O–H groups in total. The molecule has 20 heavy (non-hydrogen) atoms. The Kier molecular flexibility index (Phi) is 6.54. The van der Waals surface area contributed by atoms with Crippen molar-refractivity contribution in [1.29, 1.82) is 0 Å². The number of carbonyl (C=O) groups excluding carboxylic acids is 2. The number of hydrogen-bond acceptors (Lipinski definition) is 4. The van der Waals surface area contributed by atoms with Gasteiger partial charge in [-0.2, -0.15) is 0 Å². The first kappa shape index (κ1) is 16.0. The summed E-state index contributed by atoms with van der Waals surface area (Å²) >= 11 is 0. The van der Waals surface area contributed by atoms with Gasteiger partial charge in [0.25, 0.3) is 0 Å². The van der Waals surface area contributed by atoms with Crippen molar-refractivity contribution in [3.05, 3.63) is 29.8 Å². The van der Waals surface area contributed by atoms with E-state index in [-0.39, 0.29) is 19.8 Å². The number of amides is 2. The molecule has 2 amide bonds. The van der Waals surface area contributed by atoms with Crippen LogP contribution in [-0.4, -0.2) is 38.1 Å². The van der Waals surface area contributed by atoms with Crippen LogP contribution in [0.4, 0.5) is 14.5 Å². The zero-order valence-electron chi connectivity index (χ0n) is 10.6. The smallest absolute Gasteiger partial charge is 0.243 e. The first-order chi connectivity index (χ1) is 9.50. The summed E-state index contributed by atoms with van der Waals surface area (Å²) in [6.45, 7) is 0.132. The number of rotatable bonds is 8. The summed E-state index contributed by atoms with van der Waals surface area (Å²) in [6, 6.07) is 3.29. The van der Waals surface area contributed by atoms with Gasteiger partial charge in [0.15, 0.2) is 0 Å². The third kappa shape index (κ3) is 5.72. The van der Waals surface area contributed by atoms with Crippen molar-refractivity contribution in [2.75, 3.05) is 31.6 Å². The monoisotopic (exact) mass is 287 g/mol. The van der Waals surface area contributed by atoms with Gasteiger partial charge in [0, 0.05) is 6.54 Å². The maximum atomic E-state index is 13.2. The summed E-state index contributed by atoms with van der Waals surface area (Å²) in [4.78, 5) is 21.8. The van der Waals surface area contributed by atoms with Crippen LogP contribution in [0.5, 0.6) is 0 Å². The first-order valence-electron chi connectivity index (χ1n) is 5.81. The van der Waals surface area contributed by atoms with Crippen molar-refractivity contribution in [1.82, 2.24) is 5.32 Å². The Hall–Kier alpha value is -2.06. The van der Waals surface area contributed by atoms with Crippen LogP contribution in [0.2, 0.25) is 0 Å². The lowest BCUT2D eigenvalue weighted by molar-refractivity contribution is -0.122. The van der Waals surface area contributed by atoms with Crippen LogP contribution in [0.25, 0.3) is 0 Å². The van der Waals surface area contributed by atoms with Gasteiger partial charge in [-0.25, -0.2) is 8.78 Å². The fourth-order valence-electron chi connectivity index (χ4n) is 1.32. The van der Waals surface area contributed by atoms with Crippen molar-refractivity contribution >= 4 is 17.5 Å². The number of halogens is 2. The molecule has 0 aliphatic rings. The Morgan fingerprint density at radius 3 is 2.50 bits per heavy atom. The second kappa shape index (κ2) is 8.18. The molecule has 0 atom stereocenters. The molecule has 8 heteroatoms. The van der Waals surface area contributed by atoms with Gasteiger partial charge < -0.3 is 21.1 Å². The van der Waals surface area contributed by atoms with E-state index in [4.69, 9.17) is 10.5 Å². The summed E-state index contributed by atoms with van der Waals surface area (Å²) in [5.41, 5.74) is 4.37. The molecule has 110 valence electrons. The van der Waals surface area contributed by atoms with Crippen LogP contribution in [0.15, 0.2) is 18.2 Å². The maximum Gasteiger partial charge on any atom is 0.243 e. The fraction of sp³-hybridized carbons (Fsp3) is 0.333. The molecule has 1 aromatic carbocycles. The summed E-state index contributed by atoms with van der Waals surface area (Å²) in [5, 5.41) is 4.81. The second-order valence-electron chi connectivity index (χ2n) is 3.84. The largest absolute Gasteiger partial charge is 0.370 e. The Bertz CT molecular complexity index is 463. The van der Waals surface area contributed by atoms with E-state index in [2.05, 4.69) is 10.6 Å². The highest BCUT2D eigenvalue weighted by atomic mass is 19.1. The van der Waals surface area contributed by atoms with E-state index in [1.54, 1.807) is 0 Å². The van der Waals surface area contributed by atoms with E-state index in [0.717, 1.165) is 12.1 Å². The Morgan fingerprint density at radius 1 is 1.25 bits per heavy atom. The predicted octanol–water partition coefficient (Wildman–Crippen LogP) is -0.00520. The van der Waals surface area contributed by atoms with Gasteiger partial charge in [-0.3, -0.25) is 9.59 Å². The van der Waals surface area contributed by atoms with E-state index in [9.17, 15) is 18.4 Å². The quantitative estimate of drug-likeness (QED) is 0.586. The molecule has 0 aromatic heterocycles. The summed E-state index contributed by atoms with van der Waals surface area (Å²) in [7, 11) is 0. The number of hydrogen-bond donors (Lipinski definition) is 3. The normalized spacial score (nSPS) is 10.3. The van der Waals surface area contributed by atoms with Crippen molar-refractivity contribution in [3.8, 4) is 0 Å². The van der Waals surface area contributed by atoms with Crippen molar-refractivity contribution < 1.29 is 23.1 Å². The third-order valence-corrected chi connectivity index (χ3v) is 2.18. The van der Waals surface area contributed by atoms with Crippen molar-refractivity contribution in [3.63, 3.8) is 0 Å². The first-order valence-corrected chi connectivity index (χ1v) is 5.81. The number of benzene rings is 1. The highest BCUT2D eigenvalue weighted by Crippen LogP contribution is 2.17. The van der Waals surface area contributed by atoms with E-state index in [1.165, 1.54) is 6.07 Å². The fourth-order valence-corrected chi connectivity index (χ4v) is 1.32. The highest BCUT2D eigenvalue weighted by molar-refractivity contribution is 5.92. The summed E-state index contributed by atoms with van der Waals surface area (Å²) < 4.78 is 31.3. The molecular weight excluding hydrogens is 272 g/mol. The molecular formula is C12H15F2N3O3. The third-order valence-electron chi connectivity index (χ3n) is 2.18. The van der Waals surface area contributed by atoms with Crippen LogP contribution in [0, 0.1) is 11.6 Å². The van der Waals surface area contributed by atoms with Crippen LogP contribution in [0.1, 0.15) is 0 Å². The van der Waals surface area contributed by atoms with Gasteiger partial charge in [-0.05, 0) is 12.1 Å². The van der Waals surface area contributed by atoms with Crippen LogP contribution in [-0.2, 0) is 14.3 Å². The van der Waals surface area contributed by atoms with Gasteiger partial charge in [0.05, 0.1) is 13.2 Å². The Morgan fingerprint density at radius 2 is 1.90 bits per heavy atom. The molecule has 0 aliphatic heterocycles. The zero-order valence-corrected chi connectivity index (χ0v) is 10.6. The van der Waals surface area contributed by atoms with Crippen molar-refractivity contribution in [2.45, 2.75) is 0 Å². The minimum absolute atomic E-state index is 0.145. The molecule has 6 nitrogen and oxygen atoms in total. The predicted molar refractivity (Wildman–Crippen MR) is 67.9 cm³/mol. The topological polar surface area (TPSA) is 93.5 Å². The van der Waals surface area contributed by atoms with E-state index in [0.29, 0.717) is 6.54 Å². The summed E-state index contributed by atoms with van der Waals surface area (Å²) in [6.07, 6.45) is 0. The molecule has 0 saturated carbocycles. The number of ether oxygens (including phenoxy) is 1. The van der Waals surface area contributed by atoms with Gasteiger partial charge in [0.2, 0.25) is 11.8 Å². The molecule has 0 spiro atoms. The molecule has 1 rings (SSSR count). The van der Waals surface area contributed by atoms with Gasteiger partial charge in [-0.1, -0.05) is 6.07 Å². The standard InChI is InChI=1S/C12H15F2N3O3/c13-8-2-1-3-9(14)12(8)17-11(19)6-16-4-5-20-7-10(15)18/h1-3,16H,4-7H2,(H2,15,18)(H,17,19). The minimum Gasteiger partial charge on any atom is -0.370 e. The van der Waals surface area contributed by atoms with Gasteiger partial charge in [0.1, 0.15) is 23.9 Å². The lowest BCUT2D eigenvalue weighted by atomic mass is 10.3. The molecule has 0 fully saturated rings. The number of nitrogens with two attached hydrogens (primary N) is 1. The van der Waals surface area contributed by atoms with Gasteiger partial charge >= 0.3 is 0 Å². The average molecular weight is 287 g/mol. The number of primary amides is 1. The molecule has 0 saturated heterocycles. The zero-order chi connectivity index (χ0) is 15.0. The molecule has 0 unspecified atom stereocenters. The van der Waals surface area contributed by atoms with Crippen LogP contribution < -0.4 is 16.4 Å². The number of anilines is 1. The molecule has 0 aliphatic carbocycles. The average Bonchev–Trinajstić information content (AvgIpc) is 2.38. The molecule has 0 radical (unpaired) electrons. The summed E-state index contributed by atoms with van der Waals surface area (Å²) in [5.74, 6) is -2.87. The van der Waals surface area contributed by atoms with Crippen molar-refractivity contribution in [2.24, 2.45) is 5.73 Å². The van der Waals surface area contributed by atoms with E-state index in [1.807, 2.05) is 0 Å². The SMILES string of the molecule is NC(=O)COCCNCC(=O)Nc1c(F)cccc1F. The number of nitrogens with one attached hydrogen (secondary N) is 2. The highest BCUT2D eigenvalue weighted by Gasteiger charge is 2.11. The maximum absolute atomic E-state index is 13.2. The lowest BCUT2D eigenvalue weighted by Gasteiger charge is -2.08. The lowest BCUT2D eigenvalue weighted by Crippen LogP contribution is -2.31. The number of carbonyl (C=O) groups is 2. The molecule has 1 aromatic rings. The van der Waals surface area contributed by atoms with Gasteiger partial charge in [-0.15, -0.1) is 0 Å².